The molecule has 9 heteroatoms. The summed E-state index contributed by atoms with van der Waals surface area (Å²) in [4.78, 5) is 17.0. The molecule has 1 heterocycles. The Balaban J connectivity index is 1.77. The van der Waals surface area contributed by atoms with E-state index in [0.29, 0.717) is 32.0 Å². The predicted molar refractivity (Wildman–Crippen MR) is 114 cm³/mol. The van der Waals surface area contributed by atoms with Crippen LogP contribution in [0.1, 0.15) is 24.2 Å². The van der Waals surface area contributed by atoms with Gasteiger partial charge in [0.05, 0.1) is 20.9 Å². The SMILES string of the molecule is CC(C)S(=O)(=O)c1ccc(C(=O)Nc2nc(-c3cc(Cl)ccc3Cl)cs2)cc1. The maximum atomic E-state index is 12.4. The summed E-state index contributed by atoms with van der Waals surface area (Å²) < 4.78 is 24.3. The van der Waals surface area contributed by atoms with Crippen molar-refractivity contribution in [3.8, 4) is 11.3 Å². The number of halogens is 2. The molecule has 5 nitrogen and oxygen atoms in total. The van der Waals surface area contributed by atoms with Gasteiger partial charge in [0.25, 0.3) is 5.91 Å². The van der Waals surface area contributed by atoms with Gasteiger partial charge in [-0.15, -0.1) is 11.3 Å². The molecular formula is C19H16Cl2N2O3S2. The summed E-state index contributed by atoms with van der Waals surface area (Å²) in [5.74, 6) is -0.383. The van der Waals surface area contributed by atoms with Crippen LogP contribution in [0.2, 0.25) is 10.0 Å². The van der Waals surface area contributed by atoms with Crippen molar-refractivity contribution in [3.63, 3.8) is 0 Å². The van der Waals surface area contributed by atoms with E-state index in [1.165, 1.54) is 35.6 Å². The number of amides is 1. The van der Waals surface area contributed by atoms with Crippen LogP contribution < -0.4 is 5.32 Å². The monoisotopic (exact) mass is 454 g/mol. The van der Waals surface area contributed by atoms with E-state index in [2.05, 4.69) is 10.3 Å². The van der Waals surface area contributed by atoms with Gasteiger partial charge in [0, 0.05) is 21.5 Å². The smallest absolute Gasteiger partial charge is 0.257 e. The van der Waals surface area contributed by atoms with Crippen molar-refractivity contribution in [1.82, 2.24) is 4.98 Å². The van der Waals surface area contributed by atoms with E-state index in [9.17, 15) is 13.2 Å². The third-order valence-electron chi connectivity index (χ3n) is 3.99. The van der Waals surface area contributed by atoms with Gasteiger partial charge in [-0.1, -0.05) is 23.2 Å². The number of sulfone groups is 1. The zero-order valence-electron chi connectivity index (χ0n) is 14.9. The van der Waals surface area contributed by atoms with E-state index in [1.54, 1.807) is 37.4 Å². The number of nitrogens with zero attached hydrogens (tertiary/aromatic N) is 1. The second kappa shape index (κ2) is 8.21. The molecule has 146 valence electrons. The van der Waals surface area contributed by atoms with Gasteiger partial charge in [0.1, 0.15) is 0 Å². The third kappa shape index (κ3) is 4.38. The minimum Gasteiger partial charge on any atom is -0.298 e. The van der Waals surface area contributed by atoms with Crippen molar-refractivity contribution in [2.75, 3.05) is 5.32 Å². The lowest BCUT2D eigenvalue weighted by Crippen LogP contribution is -2.15. The van der Waals surface area contributed by atoms with Gasteiger partial charge in [-0.25, -0.2) is 13.4 Å². The van der Waals surface area contributed by atoms with Crippen molar-refractivity contribution in [2.45, 2.75) is 24.0 Å². The summed E-state index contributed by atoms with van der Waals surface area (Å²) in [6, 6.07) is 10.9. The molecule has 0 radical (unpaired) electrons. The number of benzene rings is 2. The van der Waals surface area contributed by atoms with Crippen LogP contribution in [-0.4, -0.2) is 24.6 Å². The number of hydrogen-bond donors (Lipinski definition) is 1. The maximum Gasteiger partial charge on any atom is 0.257 e. The second-order valence-corrected chi connectivity index (χ2v) is 10.4. The highest BCUT2D eigenvalue weighted by Crippen LogP contribution is 2.32. The predicted octanol–water partition coefficient (Wildman–Crippen LogP) is 5.55. The van der Waals surface area contributed by atoms with Crippen LogP contribution in [0.5, 0.6) is 0 Å². The molecule has 1 aromatic heterocycles. The minimum atomic E-state index is -3.38. The van der Waals surface area contributed by atoms with Crippen LogP contribution in [0.15, 0.2) is 52.7 Å². The second-order valence-electron chi connectivity index (χ2n) is 6.23. The minimum absolute atomic E-state index is 0.186. The number of rotatable bonds is 5. The molecule has 1 amide bonds. The largest absolute Gasteiger partial charge is 0.298 e. The van der Waals surface area contributed by atoms with Crippen LogP contribution in [0, 0.1) is 0 Å². The van der Waals surface area contributed by atoms with Gasteiger partial charge < -0.3 is 0 Å². The van der Waals surface area contributed by atoms with Gasteiger partial charge in [-0.3, -0.25) is 10.1 Å². The van der Waals surface area contributed by atoms with Gasteiger partial charge in [0.15, 0.2) is 15.0 Å². The van der Waals surface area contributed by atoms with E-state index in [0.717, 1.165) is 0 Å². The van der Waals surface area contributed by atoms with Crippen molar-refractivity contribution >= 4 is 55.4 Å². The van der Waals surface area contributed by atoms with Crippen LogP contribution in [0.3, 0.4) is 0 Å². The van der Waals surface area contributed by atoms with Crippen molar-refractivity contribution < 1.29 is 13.2 Å². The first-order valence-electron chi connectivity index (χ1n) is 8.25. The molecule has 0 spiro atoms. The highest BCUT2D eigenvalue weighted by Gasteiger charge is 2.19. The number of carbonyl (C=O) groups excluding carboxylic acids is 1. The molecule has 0 atom stereocenters. The third-order valence-corrected chi connectivity index (χ3v) is 7.49. The molecule has 3 aromatic rings. The van der Waals surface area contributed by atoms with Crippen LogP contribution in [0.4, 0.5) is 5.13 Å². The average Bonchev–Trinajstić information content (AvgIpc) is 3.11. The zero-order valence-corrected chi connectivity index (χ0v) is 18.1. The number of anilines is 1. The van der Waals surface area contributed by atoms with Gasteiger partial charge in [0.2, 0.25) is 0 Å². The van der Waals surface area contributed by atoms with E-state index in [1.807, 2.05) is 0 Å². The lowest BCUT2D eigenvalue weighted by Gasteiger charge is -2.08. The molecule has 0 bridgehead atoms. The Hall–Kier alpha value is -1.93. The normalized spacial score (nSPS) is 11.6. The average molecular weight is 455 g/mol. The first kappa shape index (κ1) is 20.8. The number of nitrogens with one attached hydrogen (secondary N) is 1. The van der Waals surface area contributed by atoms with Crippen molar-refractivity contribution in [3.05, 3.63) is 63.5 Å². The fraction of sp³-hybridized carbons (Fsp3) is 0.158. The molecular weight excluding hydrogens is 439 g/mol. The standard InChI is InChI=1S/C19H16Cl2N2O3S2/c1-11(2)28(25,26)14-6-3-12(4-7-14)18(24)23-19-22-17(10-27-19)15-9-13(20)5-8-16(15)21/h3-11H,1-2H3,(H,22,23,24). The highest BCUT2D eigenvalue weighted by molar-refractivity contribution is 7.92. The molecule has 3 rings (SSSR count). The topological polar surface area (TPSA) is 76.1 Å². The zero-order chi connectivity index (χ0) is 20.5. The first-order valence-corrected chi connectivity index (χ1v) is 11.4. The molecule has 0 aliphatic carbocycles. The molecule has 0 fully saturated rings. The molecule has 0 unspecified atom stereocenters. The quantitative estimate of drug-likeness (QED) is 0.547. The molecule has 1 N–H and O–H groups in total. The fourth-order valence-corrected chi connectivity index (χ4v) is 4.54. The number of thiazole rings is 1. The van der Waals surface area contributed by atoms with E-state index < -0.39 is 15.1 Å². The summed E-state index contributed by atoms with van der Waals surface area (Å²) in [5.41, 5.74) is 1.61. The summed E-state index contributed by atoms with van der Waals surface area (Å²) >= 11 is 13.4. The first-order chi connectivity index (χ1) is 13.2. The Morgan fingerprint density at radius 2 is 1.79 bits per heavy atom. The Morgan fingerprint density at radius 1 is 1.11 bits per heavy atom. The molecule has 0 saturated heterocycles. The fourth-order valence-electron chi connectivity index (χ4n) is 2.39. The van der Waals surface area contributed by atoms with Gasteiger partial charge in [-0.2, -0.15) is 0 Å². The Kier molecular flexibility index (Phi) is 6.09. The van der Waals surface area contributed by atoms with Crippen LogP contribution >= 0.6 is 34.5 Å². The van der Waals surface area contributed by atoms with Gasteiger partial charge in [-0.05, 0) is 56.3 Å². The molecule has 28 heavy (non-hydrogen) atoms. The summed E-state index contributed by atoms with van der Waals surface area (Å²) in [6.45, 7) is 3.23. The van der Waals surface area contributed by atoms with E-state index in [4.69, 9.17) is 23.2 Å². The molecule has 0 aliphatic heterocycles. The van der Waals surface area contributed by atoms with Crippen LogP contribution in [-0.2, 0) is 9.84 Å². The van der Waals surface area contributed by atoms with Crippen molar-refractivity contribution in [1.29, 1.82) is 0 Å². The van der Waals surface area contributed by atoms with Crippen LogP contribution in [0.25, 0.3) is 11.3 Å². The molecule has 0 saturated carbocycles. The number of carbonyl (C=O) groups is 1. The lowest BCUT2D eigenvalue weighted by molar-refractivity contribution is 0.102. The van der Waals surface area contributed by atoms with Crippen molar-refractivity contribution in [2.24, 2.45) is 0 Å². The summed E-state index contributed by atoms with van der Waals surface area (Å²) in [6.07, 6.45) is 0. The Morgan fingerprint density at radius 3 is 2.43 bits per heavy atom. The highest BCUT2D eigenvalue weighted by atomic mass is 35.5. The lowest BCUT2D eigenvalue weighted by atomic mass is 10.2. The maximum absolute atomic E-state index is 12.4. The van der Waals surface area contributed by atoms with Gasteiger partial charge >= 0.3 is 0 Å². The summed E-state index contributed by atoms with van der Waals surface area (Å²) in [5, 5.41) is 5.39. The number of hydrogen-bond acceptors (Lipinski definition) is 5. The van der Waals surface area contributed by atoms with E-state index >= 15 is 0 Å². The Labute approximate surface area is 177 Å². The summed E-state index contributed by atoms with van der Waals surface area (Å²) in [7, 11) is -3.38. The van der Waals surface area contributed by atoms with E-state index in [-0.39, 0.29) is 10.8 Å². The molecule has 2 aromatic carbocycles. The Bertz CT molecular complexity index is 1120. The number of aromatic nitrogens is 1. The molecule has 0 aliphatic rings.